The van der Waals surface area contributed by atoms with Gasteiger partial charge in [-0.15, -0.1) is 0 Å². The molecule has 0 atom stereocenters. The summed E-state index contributed by atoms with van der Waals surface area (Å²) in [5.41, 5.74) is -0.646. The van der Waals surface area contributed by atoms with Crippen LogP contribution >= 0.6 is 12.2 Å². The Morgan fingerprint density at radius 3 is 2.44 bits per heavy atom. The van der Waals surface area contributed by atoms with E-state index >= 15 is 0 Å². The first-order valence-electron chi connectivity index (χ1n) is 8.54. The van der Waals surface area contributed by atoms with E-state index in [9.17, 15) is 18.0 Å². The average Bonchev–Trinajstić information content (AvgIpc) is 3.05. The van der Waals surface area contributed by atoms with Crippen LogP contribution in [0.3, 0.4) is 0 Å². The maximum atomic E-state index is 13.3. The van der Waals surface area contributed by atoms with E-state index in [1.54, 1.807) is 11.0 Å². The molecule has 1 amide bonds. The normalized spacial score (nSPS) is 19.1. The fraction of sp³-hybridized carbons (Fsp3) is 0.389. The van der Waals surface area contributed by atoms with Gasteiger partial charge in [0.15, 0.2) is 5.11 Å². The molecule has 9 heteroatoms. The summed E-state index contributed by atoms with van der Waals surface area (Å²) >= 11 is 5.53. The van der Waals surface area contributed by atoms with E-state index in [1.165, 1.54) is 24.0 Å². The van der Waals surface area contributed by atoms with Gasteiger partial charge in [0.05, 0.1) is 16.9 Å². The van der Waals surface area contributed by atoms with Crippen LogP contribution in [0.1, 0.15) is 36.1 Å². The number of carbonyl (C=O) groups excluding carboxylic acids is 1. The van der Waals surface area contributed by atoms with Crippen LogP contribution in [0.15, 0.2) is 24.3 Å². The molecular formula is C18H17F3N4OS. The highest BCUT2D eigenvalue weighted by Crippen LogP contribution is 2.48. The molecular weight excluding hydrogens is 377 g/mol. The van der Waals surface area contributed by atoms with Crippen molar-refractivity contribution in [1.82, 2.24) is 10.2 Å². The number of aryl methyl sites for hydroxylation is 2. The number of thiocarbonyl (C=S) groups is 1. The lowest BCUT2D eigenvalue weighted by Crippen LogP contribution is -2.55. The van der Waals surface area contributed by atoms with Crippen molar-refractivity contribution in [3.63, 3.8) is 0 Å². The van der Waals surface area contributed by atoms with Crippen molar-refractivity contribution in [1.29, 1.82) is 0 Å². The van der Waals surface area contributed by atoms with E-state index in [0.717, 1.165) is 18.2 Å². The maximum absolute atomic E-state index is 13.3. The largest absolute Gasteiger partial charge is 0.416 e. The molecule has 2 aliphatic rings. The van der Waals surface area contributed by atoms with Crippen LogP contribution in [-0.4, -0.2) is 26.8 Å². The first-order chi connectivity index (χ1) is 12.6. The van der Waals surface area contributed by atoms with Gasteiger partial charge in [-0.3, -0.25) is 19.7 Å². The topological polar surface area (TPSA) is 52.2 Å². The second kappa shape index (κ2) is 5.79. The highest BCUT2D eigenvalue weighted by Gasteiger charge is 2.60. The number of benzene rings is 1. The van der Waals surface area contributed by atoms with Crippen LogP contribution in [0.4, 0.5) is 24.7 Å². The van der Waals surface area contributed by atoms with Crippen molar-refractivity contribution < 1.29 is 18.0 Å². The number of hydrogen-bond acceptors (Lipinski definition) is 3. The Kier molecular flexibility index (Phi) is 3.85. The van der Waals surface area contributed by atoms with E-state index in [2.05, 4.69) is 10.2 Å². The summed E-state index contributed by atoms with van der Waals surface area (Å²) in [5.74, 6) is 0.291. The Morgan fingerprint density at radius 2 is 1.93 bits per heavy atom. The lowest BCUT2D eigenvalue weighted by molar-refractivity contribution is -0.138. The van der Waals surface area contributed by atoms with Gasteiger partial charge in [0.1, 0.15) is 11.4 Å². The molecule has 1 saturated carbocycles. The average molecular weight is 394 g/mol. The standard InChI is InChI=1S/C18H17F3N4OS/c1-10-4-5-12(9-13(10)18(19,20)21)24-15(26)17(6-3-7-17)25(16(24)27)14-8-11(2)22-23-14/h4-5,8-9H,3,6-7H2,1-2H3,(H,22,23). The number of carbonyl (C=O) groups is 1. The number of hydrogen-bond donors (Lipinski definition) is 1. The second-order valence-electron chi connectivity index (χ2n) is 7.04. The number of anilines is 2. The number of amides is 1. The minimum atomic E-state index is -4.50. The third-order valence-electron chi connectivity index (χ3n) is 5.31. The first kappa shape index (κ1) is 18.0. The SMILES string of the molecule is Cc1cc(N2C(=S)N(c3ccc(C)c(C(F)(F)F)c3)C(=O)C23CCC3)[nH]n1. The molecule has 1 aromatic carbocycles. The molecule has 5 nitrogen and oxygen atoms in total. The van der Waals surface area contributed by atoms with Gasteiger partial charge in [0.2, 0.25) is 0 Å². The van der Waals surface area contributed by atoms with E-state index in [-0.39, 0.29) is 22.3 Å². The summed E-state index contributed by atoms with van der Waals surface area (Å²) in [6, 6.07) is 5.64. The number of aromatic nitrogens is 2. The fourth-order valence-electron chi connectivity index (χ4n) is 3.76. The predicted octanol–water partition coefficient (Wildman–Crippen LogP) is 4.11. The number of aromatic amines is 1. The van der Waals surface area contributed by atoms with Gasteiger partial charge in [-0.05, 0) is 63.0 Å². The summed E-state index contributed by atoms with van der Waals surface area (Å²) in [6.45, 7) is 3.20. The van der Waals surface area contributed by atoms with Crippen LogP contribution in [0, 0.1) is 13.8 Å². The number of nitrogens with one attached hydrogen (secondary N) is 1. The summed E-state index contributed by atoms with van der Waals surface area (Å²) in [6.07, 6.45) is -2.45. The van der Waals surface area contributed by atoms with Gasteiger partial charge >= 0.3 is 6.18 Å². The number of alkyl halides is 3. The van der Waals surface area contributed by atoms with Crippen LogP contribution in [0.25, 0.3) is 0 Å². The van der Waals surface area contributed by atoms with Crippen molar-refractivity contribution in [3.05, 3.63) is 41.1 Å². The minimum Gasteiger partial charge on any atom is -0.288 e. The lowest BCUT2D eigenvalue weighted by Gasteiger charge is -2.42. The molecule has 2 heterocycles. The smallest absolute Gasteiger partial charge is 0.288 e. The molecule has 1 aliphatic heterocycles. The molecule has 1 saturated heterocycles. The first-order valence-corrected chi connectivity index (χ1v) is 8.94. The van der Waals surface area contributed by atoms with Gasteiger partial charge in [-0.1, -0.05) is 6.07 Å². The van der Waals surface area contributed by atoms with E-state index in [1.807, 2.05) is 6.92 Å². The zero-order chi connectivity index (χ0) is 19.6. The van der Waals surface area contributed by atoms with E-state index < -0.39 is 17.3 Å². The van der Waals surface area contributed by atoms with Gasteiger partial charge in [0.25, 0.3) is 5.91 Å². The van der Waals surface area contributed by atoms with Gasteiger partial charge < -0.3 is 0 Å². The van der Waals surface area contributed by atoms with Crippen LogP contribution in [0.5, 0.6) is 0 Å². The Hall–Kier alpha value is -2.42. The van der Waals surface area contributed by atoms with Crippen molar-refractivity contribution in [2.75, 3.05) is 9.80 Å². The monoisotopic (exact) mass is 394 g/mol. The molecule has 0 bridgehead atoms. The van der Waals surface area contributed by atoms with Crippen molar-refractivity contribution >= 4 is 34.7 Å². The van der Waals surface area contributed by atoms with Crippen molar-refractivity contribution in [2.24, 2.45) is 0 Å². The van der Waals surface area contributed by atoms with Crippen LogP contribution in [0.2, 0.25) is 0 Å². The molecule has 2 fully saturated rings. The second-order valence-corrected chi connectivity index (χ2v) is 7.40. The van der Waals surface area contributed by atoms with E-state index in [4.69, 9.17) is 12.2 Å². The molecule has 1 aliphatic carbocycles. The highest BCUT2D eigenvalue weighted by molar-refractivity contribution is 7.81. The number of H-pyrrole nitrogens is 1. The number of halogens is 3. The summed E-state index contributed by atoms with van der Waals surface area (Å²) in [7, 11) is 0. The zero-order valence-electron chi connectivity index (χ0n) is 14.7. The minimum absolute atomic E-state index is 0.100. The maximum Gasteiger partial charge on any atom is 0.416 e. The number of rotatable bonds is 2. The predicted molar refractivity (Wildman–Crippen MR) is 98.7 cm³/mol. The molecule has 4 rings (SSSR count). The Balaban J connectivity index is 1.81. The van der Waals surface area contributed by atoms with Gasteiger partial charge in [0, 0.05) is 6.07 Å². The molecule has 1 spiro atoms. The van der Waals surface area contributed by atoms with Crippen LogP contribution in [-0.2, 0) is 11.0 Å². The van der Waals surface area contributed by atoms with Crippen LogP contribution < -0.4 is 9.80 Å². The molecule has 2 aromatic rings. The van der Waals surface area contributed by atoms with Crippen molar-refractivity contribution in [3.8, 4) is 0 Å². The Bertz CT molecular complexity index is 948. The quantitative estimate of drug-likeness (QED) is 0.779. The third-order valence-corrected chi connectivity index (χ3v) is 5.68. The summed E-state index contributed by atoms with van der Waals surface area (Å²) in [5, 5.41) is 7.13. The molecule has 142 valence electrons. The van der Waals surface area contributed by atoms with Gasteiger partial charge in [-0.25, -0.2) is 0 Å². The van der Waals surface area contributed by atoms with E-state index in [0.29, 0.717) is 18.7 Å². The molecule has 0 radical (unpaired) electrons. The zero-order valence-corrected chi connectivity index (χ0v) is 15.5. The van der Waals surface area contributed by atoms with Crippen molar-refractivity contribution in [2.45, 2.75) is 44.8 Å². The lowest BCUT2D eigenvalue weighted by atomic mass is 9.75. The molecule has 1 aromatic heterocycles. The Labute approximate surface area is 159 Å². The third kappa shape index (κ3) is 2.55. The Morgan fingerprint density at radius 1 is 1.22 bits per heavy atom. The molecule has 0 unspecified atom stereocenters. The number of nitrogens with zero attached hydrogens (tertiary/aromatic N) is 3. The summed E-state index contributed by atoms with van der Waals surface area (Å²) < 4.78 is 40.0. The molecule has 27 heavy (non-hydrogen) atoms. The summed E-state index contributed by atoms with van der Waals surface area (Å²) in [4.78, 5) is 16.2. The van der Waals surface area contributed by atoms with Gasteiger partial charge in [-0.2, -0.15) is 18.3 Å². The molecule has 1 N–H and O–H groups in total. The highest BCUT2D eigenvalue weighted by atomic mass is 32.1. The fourth-order valence-corrected chi connectivity index (χ4v) is 4.22.